The predicted octanol–water partition coefficient (Wildman–Crippen LogP) is 3.85. The second-order valence-electron chi connectivity index (χ2n) is 6.25. The Morgan fingerprint density at radius 1 is 1.12 bits per heavy atom. The smallest absolute Gasteiger partial charge is 0.255 e. The van der Waals surface area contributed by atoms with Crippen molar-refractivity contribution in [1.82, 2.24) is 0 Å². The van der Waals surface area contributed by atoms with Gasteiger partial charge >= 0.3 is 0 Å². The molecule has 0 radical (unpaired) electrons. The third kappa shape index (κ3) is 3.04. The molecular weight excluding hydrogens is 300 g/mol. The molecule has 0 aliphatic carbocycles. The number of carbonyl (C=O) groups excluding carboxylic acids is 2. The molecule has 4 nitrogen and oxygen atoms in total. The van der Waals surface area contributed by atoms with Crippen LogP contribution >= 0.6 is 0 Å². The van der Waals surface area contributed by atoms with Gasteiger partial charge in [-0.25, -0.2) is 0 Å². The highest BCUT2D eigenvalue weighted by Gasteiger charge is 2.23. The molecule has 3 rings (SSSR count). The Labute approximate surface area is 142 Å². The lowest BCUT2D eigenvalue weighted by molar-refractivity contribution is -0.118. The van der Waals surface area contributed by atoms with Gasteiger partial charge in [0.2, 0.25) is 5.91 Å². The lowest BCUT2D eigenvalue weighted by atomic mass is 10.00. The first kappa shape index (κ1) is 16.2. The number of anilines is 2. The summed E-state index contributed by atoms with van der Waals surface area (Å²) in [6.07, 6.45) is 1.24. The Morgan fingerprint density at radius 3 is 2.62 bits per heavy atom. The van der Waals surface area contributed by atoms with Gasteiger partial charge < -0.3 is 10.2 Å². The highest BCUT2D eigenvalue weighted by molar-refractivity contribution is 6.05. The zero-order chi connectivity index (χ0) is 17.3. The van der Waals surface area contributed by atoms with Crippen molar-refractivity contribution in [3.05, 3.63) is 58.7 Å². The Bertz CT molecular complexity index is 811. The van der Waals surface area contributed by atoms with Gasteiger partial charge in [-0.3, -0.25) is 9.59 Å². The van der Waals surface area contributed by atoms with Gasteiger partial charge in [-0.1, -0.05) is 17.7 Å². The molecule has 0 atom stereocenters. The van der Waals surface area contributed by atoms with E-state index in [1.54, 1.807) is 4.90 Å². The normalized spacial score (nSPS) is 13.6. The minimum absolute atomic E-state index is 0.105. The molecule has 2 aromatic rings. The monoisotopic (exact) mass is 322 g/mol. The fourth-order valence-electron chi connectivity index (χ4n) is 3.25. The van der Waals surface area contributed by atoms with Crippen LogP contribution in [-0.4, -0.2) is 18.4 Å². The standard InChI is InChI=1S/C20H22N2O2/c1-4-22-18-9-7-16(12-15(18)6-10-19(22)23)21-20(24)17-8-5-13(2)11-14(17)3/h5,7-9,11-12H,4,6,10H2,1-3H3,(H,21,24). The highest BCUT2D eigenvalue weighted by Crippen LogP contribution is 2.30. The first-order valence-corrected chi connectivity index (χ1v) is 8.31. The fraction of sp³-hybridized carbons (Fsp3) is 0.300. The van der Waals surface area contributed by atoms with E-state index in [0.29, 0.717) is 18.5 Å². The van der Waals surface area contributed by atoms with Crippen LogP contribution in [0.4, 0.5) is 11.4 Å². The maximum atomic E-state index is 12.5. The lowest BCUT2D eigenvalue weighted by Crippen LogP contribution is -2.34. The molecule has 0 saturated carbocycles. The minimum atomic E-state index is -0.105. The van der Waals surface area contributed by atoms with Crippen LogP contribution in [0.1, 0.15) is 40.4 Å². The van der Waals surface area contributed by atoms with E-state index in [4.69, 9.17) is 0 Å². The van der Waals surface area contributed by atoms with Crippen molar-refractivity contribution in [2.75, 3.05) is 16.8 Å². The van der Waals surface area contributed by atoms with Gasteiger partial charge in [0.25, 0.3) is 5.91 Å². The predicted molar refractivity (Wildman–Crippen MR) is 96.7 cm³/mol. The van der Waals surface area contributed by atoms with Crippen LogP contribution in [0, 0.1) is 13.8 Å². The number of fused-ring (bicyclic) bond motifs is 1. The molecule has 1 aliphatic heterocycles. The number of aryl methyl sites for hydroxylation is 3. The molecule has 0 bridgehead atoms. The summed E-state index contributed by atoms with van der Waals surface area (Å²) in [4.78, 5) is 26.3. The quantitative estimate of drug-likeness (QED) is 0.933. The van der Waals surface area contributed by atoms with Crippen molar-refractivity contribution in [3.8, 4) is 0 Å². The van der Waals surface area contributed by atoms with Gasteiger partial charge in [0.15, 0.2) is 0 Å². The van der Waals surface area contributed by atoms with Gasteiger partial charge in [0.1, 0.15) is 0 Å². The molecule has 2 aromatic carbocycles. The van der Waals surface area contributed by atoms with Gasteiger partial charge in [0, 0.05) is 29.9 Å². The molecule has 0 unspecified atom stereocenters. The summed E-state index contributed by atoms with van der Waals surface area (Å²) >= 11 is 0. The van der Waals surface area contributed by atoms with Crippen molar-refractivity contribution in [3.63, 3.8) is 0 Å². The molecule has 0 saturated heterocycles. The average Bonchev–Trinajstić information content (AvgIpc) is 2.54. The molecule has 0 aromatic heterocycles. The van der Waals surface area contributed by atoms with Crippen LogP contribution in [0.3, 0.4) is 0 Å². The summed E-state index contributed by atoms with van der Waals surface area (Å²) < 4.78 is 0. The van der Waals surface area contributed by atoms with E-state index >= 15 is 0 Å². The Morgan fingerprint density at radius 2 is 1.92 bits per heavy atom. The summed E-state index contributed by atoms with van der Waals surface area (Å²) in [6.45, 7) is 6.60. The first-order chi connectivity index (χ1) is 11.5. The zero-order valence-corrected chi connectivity index (χ0v) is 14.3. The summed E-state index contributed by atoms with van der Waals surface area (Å²) in [5, 5.41) is 2.97. The van der Waals surface area contributed by atoms with Crippen LogP contribution in [0.2, 0.25) is 0 Å². The maximum Gasteiger partial charge on any atom is 0.255 e. The topological polar surface area (TPSA) is 49.4 Å². The van der Waals surface area contributed by atoms with Crippen LogP contribution < -0.4 is 10.2 Å². The minimum Gasteiger partial charge on any atom is -0.322 e. The molecule has 124 valence electrons. The second-order valence-corrected chi connectivity index (χ2v) is 6.25. The molecule has 1 aliphatic rings. The molecule has 24 heavy (non-hydrogen) atoms. The number of hydrogen-bond acceptors (Lipinski definition) is 2. The summed E-state index contributed by atoms with van der Waals surface area (Å²) in [6, 6.07) is 11.6. The van der Waals surface area contributed by atoms with Crippen LogP contribution in [-0.2, 0) is 11.2 Å². The number of carbonyl (C=O) groups is 2. The van der Waals surface area contributed by atoms with Gasteiger partial charge in [0.05, 0.1) is 0 Å². The summed E-state index contributed by atoms with van der Waals surface area (Å²) in [5.74, 6) is 0.0590. The first-order valence-electron chi connectivity index (χ1n) is 8.31. The summed E-state index contributed by atoms with van der Waals surface area (Å²) in [5.41, 5.74) is 5.62. The number of benzene rings is 2. The van der Waals surface area contributed by atoms with E-state index in [1.165, 1.54) is 0 Å². The van der Waals surface area contributed by atoms with Crippen molar-refractivity contribution in [1.29, 1.82) is 0 Å². The van der Waals surface area contributed by atoms with Crippen LogP contribution in [0.5, 0.6) is 0 Å². The van der Waals surface area contributed by atoms with Crippen molar-refractivity contribution in [2.45, 2.75) is 33.6 Å². The van der Waals surface area contributed by atoms with E-state index < -0.39 is 0 Å². The number of hydrogen-bond donors (Lipinski definition) is 1. The Kier molecular flexibility index (Phi) is 4.38. The SMILES string of the molecule is CCN1C(=O)CCc2cc(NC(=O)c3ccc(C)cc3C)ccc21. The molecular formula is C20H22N2O2. The zero-order valence-electron chi connectivity index (χ0n) is 14.3. The third-order valence-electron chi connectivity index (χ3n) is 4.48. The number of nitrogens with zero attached hydrogens (tertiary/aromatic N) is 1. The number of amides is 2. The summed E-state index contributed by atoms with van der Waals surface area (Å²) in [7, 11) is 0. The average molecular weight is 322 g/mol. The second kappa shape index (κ2) is 6.48. The number of rotatable bonds is 3. The van der Waals surface area contributed by atoms with Crippen molar-refractivity contribution < 1.29 is 9.59 Å². The molecule has 0 spiro atoms. The molecule has 1 heterocycles. The molecule has 1 N–H and O–H groups in total. The maximum absolute atomic E-state index is 12.5. The largest absolute Gasteiger partial charge is 0.322 e. The van der Waals surface area contributed by atoms with Gasteiger partial charge in [-0.15, -0.1) is 0 Å². The van der Waals surface area contributed by atoms with E-state index in [-0.39, 0.29) is 11.8 Å². The van der Waals surface area contributed by atoms with Crippen molar-refractivity contribution >= 4 is 23.2 Å². The van der Waals surface area contributed by atoms with Gasteiger partial charge in [-0.05, 0) is 62.6 Å². The molecule has 4 heteroatoms. The van der Waals surface area contributed by atoms with E-state index in [9.17, 15) is 9.59 Å². The van der Waals surface area contributed by atoms with Gasteiger partial charge in [-0.2, -0.15) is 0 Å². The fourth-order valence-corrected chi connectivity index (χ4v) is 3.25. The van der Waals surface area contributed by atoms with E-state index in [0.717, 1.165) is 34.5 Å². The van der Waals surface area contributed by atoms with Crippen LogP contribution in [0.15, 0.2) is 36.4 Å². The third-order valence-corrected chi connectivity index (χ3v) is 4.48. The van der Waals surface area contributed by atoms with Crippen molar-refractivity contribution in [2.24, 2.45) is 0 Å². The number of nitrogens with one attached hydrogen (secondary N) is 1. The highest BCUT2D eigenvalue weighted by atomic mass is 16.2. The van der Waals surface area contributed by atoms with E-state index in [1.807, 2.05) is 57.2 Å². The van der Waals surface area contributed by atoms with Crippen LogP contribution in [0.25, 0.3) is 0 Å². The Hall–Kier alpha value is -2.62. The lowest BCUT2D eigenvalue weighted by Gasteiger charge is -2.28. The Balaban J connectivity index is 1.84. The molecule has 0 fully saturated rings. The van der Waals surface area contributed by atoms with E-state index in [2.05, 4.69) is 5.32 Å². The molecule has 2 amide bonds.